The highest BCUT2D eigenvalue weighted by atomic mass is 32.2. The van der Waals surface area contributed by atoms with Gasteiger partial charge in [0.05, 0.1) is 24.9 Å². The average molecular weight is 938 g/mol. The third-order valence-electron chi connectivity index (χ3n) is 12.7. The maximum absolute atomic E-state index is 14.9. The van der Waals surface area contributed by atoms with Crippen LogP contribution in [-0.4, -0.2) is 136 Å². The second-order valence-electron chi connectivity index (χ2n) is 18.4. The quantitative estimate of drug-likeness (QED) is 0.143. The van der Waals surface area contributed by atoms with Gasteiger partial charge in [0.25, 0.3) is 10.2 Å². The molecule has 65 heavy (non-hydrogen) atoms. The Kier molecular flexibility index (Phi) is 14.6. The lowest BCUT2D eigenvalue weighted by molar-refractivity contribution is -0.145. The fourth-order valence-corrected chi connectivity index (χ4v) is 11.5. The lowest BCUT2D eigenvalue weighted by Gasteiger charge is -2.31. The van der Waals surface area contributed by atoms with E-state index < -0.39 is 69.7 Å². The predicted octanol–water partition coefficient (Wildman–Crippen LogP) is 4.98. The number of carboxylic acids is 1. The van der Waals surface area contributed by atoms with Crippen LogP contribution in [-0.2, 0) is 24.6 Å². The summed E-state index contributed by atoms with van der Waals surface area (Å²) >= 11 is 1.45. The first-order valence-corrected chi connectivity index (χ1v) is 24.9. The Hall–Kier alpha value is -5.05. The molecule has 2 unspecified atom stereocenters. The number of carboxylic acid groups (broad SMARTS) is 1. The van der Waals surface area contributed by atoms with Crippen molar-refractivity contribution < 1.29 is 42.2 Å². The molecule has 18 nitrogen and oxygen atoms in total. The number of allylic oxidation sites excluding steroid dienone is 1. The third kappa shape index (κ3) is 10.7. The molecule has 4 amide bonds. The van der Waals surface area contributed by atoms with E-state index in [9.17, 15) is 32.7 Å². The van der Waals surface area contributed by atoms with E-state index in [4.69, 9.17) is 19.4 Å². The van der Waals surface area contributed by atoms with Gasteiger partial charge in [-0.05, 0) is 71.4 Å². The van der Waals surface area contributed by atoms with Gasteiger partial charge >= 0.3 is 12.0 Å². The number of hydrogen-bond acceptors (Lipinski definition) is 12. The summed E-state index contributed by atoms with van der Waals surface area (Å²) in [6.45, 7) is 12.1. The Morgan fingerprint density at radius 3 is 2.52 bits per heavy atom. The zero-order chi connectivity index (χ0) is 46.8. The van der Waals surface area contributed by atoms with Gasteiger partial charge in [0.15, 0.2) is 5.13 Å². The van der Waals surface area contributed by atoms with Gasteiger partial charge in [-0.15, -0.1) is 11.3 Å². The lowest BCUT2D eigenvalue weighted by atomic mass is 10.0. The first kappa shape index (κ1) is 47.9. The Morgan fingerprint density at radius 1 is 1.05 bits per heavy atom. The van der Waals surface area contributed by atoms with E-state index >= 15 is 0 Å². The molecule has 1 aliphatic carbocycles. The number of benzene rings is 1. The number of anilines is 1. The Balaban J connectivity index is 1.17. The molecule has 6 atom stereocenters. The molecule has 0 radical (unpaired) electrons. The van der Waals surface area contributed by atoms with Crippen molar-refractivity contribution >= 4 is 61.4 Å². The second kappa shape index (κ2) is 19.8. The molecule has 2 saturated heterocycles. The topological polar surface area (TPSA) is 225 Å². The van der Waals surface area contributed by atoms with Gasteiger partial charge in [-0.2, -0.15) is 17.0 Å². The number of rotatable bonds is 13. The summed E-state index contributed by atoms with van der Waals surface area (Å²) in [5, 5.41) is 25.7. The number of carbonyl (C=O) groups is 4. The van der Waals surface area contributed by atoms with Gasteiger partial charge in [0.2, 0.25) is 11.8 Å². The van der Waals surface area contributed by atoms with Gasteiger partial charge in [-0.1, -0.05) is 38.8 Å². The molecule has 5 heterocycles. The largest absolute Gasteiger partial charge is 0.497 e. The summed E-state index contributed by atoms with van der Waals surface area (Å²) in [6.07, 6.45) is 6.40. The number of aliphatic carboxylic acids is 1. The third-order valence-corrected chi connectivity index (χ3v) is 15.6. The molecule has 2 aromatic heterocycles. The number of thiazole rings is 1. The molecule has 0 spiro atoms. The summed E-state index contributed by atoms with van der Waals surface area (Å²) in [5.41, 5.74) is 0.239. The number of fused-ring (bicyclic) bond motifs is 3. The molecule has 4 aliphatic rings. The number of pyridine rings is 1. The number of carbonyl (C=O) groups excluding carboxylic acids is 3. The highest BCUT2D eigenvalue weighted by molar-refractivity contribution is 7.87. The molecule has 5 N–H and O–H groups in total. The van der Waals surface area contributed by atoms with Crippen molar-refractivity contribution in [1.29, 1.82) is 0 Å². The standard InChI is InChI=1S/C45H63N9O9S2/c1-26(2)36(24-52-17-18-54(28(5)6)65(52,60)61)49-43(59)48-33-14-12-10-8-9-11-13-29-22-45(29,42(57)58)51-40(55)38-20-31(23-53(38)41(33)56)63-39-21-35(37-25-64-44(50-37)46-27(3)4)47-34-19-30(62-7)15-16-32(34)39/h11,13,15-16,19,21,25-29,31,33,36,38H,8-10,12,14,17-18,20,22-24H2,1-7H3,(H,46,50)(H,51,55)(H,57,58)(H2,48,49,59)/b13-11-/t29?,31-,33+,36?,38+,45-/m1/s1. The van der Waals surface area contributed by atoms with Crippen molar-refractivity contribution in [2.45, 2.75) is 128 Å². The van der Waals surface area contributed by atoms with Crippen LogP contribution in [0.3, 0.4) is 0 Å². The van der Waals surface area contributed by atoms with E-state index in [2.05, 4.69) is 21.3 Å². The number of urea groups is 1. The van der Waals surface area contributed by atoms with Crippen LogP contribution in [0.2, 0.25) is 0 Å². The summed E-state index contributed by atoms with van der Waals surface area (Å²) in [7, 11) is -2.15. The van der Waals surface area contributed by atoms with E-state index in [1.807, 2.05) is 65.1 Å². The fourth-order valence-electron chi connectivity index (χ4n) is 8.87. The minimum absolute atomic E-state index is 0.0360. The smallest absolute Gasteiger partial charge is 0.330 e. The Bertz CT molecular complexity index is 2390. The van der Waals surface area contributed by atoms with Gasteiger partial charge in [0.1, 0.15) is 40.9 Å². The van der Waals surface area contributed by atoms with Gasteiger partial charge in [-0.25, -0.2) is 19.6 Å². The van der Waals surface area contributed by atoms with Gasteiger partial charge < -0.3 is 40.7 Å². The highest BCUT2D eigenvalue weighted by Gasteiger charge is 2.61. The molecule has 20 heteroatoms. The summed E-state index contributed by atoms with van der Waals surface area (Å²) < 4.78 is 41.8. The normalized spacial score (nSPS) is 26.2. The molecule has 1 saturated carbocycles. The minimum Gasteiger partial charge on any atom is -0.497 e. The summed E-state index contributed by atoms with van der Waals surface area (Å²) in [5.74, 6) is -1.81. The van der Waals surface area contributed by atoms with E-state index in [0.29, 0.717) is 59.7 Å². The van der Waals surface area contributed by atoms with Crippen molar-refractivity contribution in [1.82, 2.24) is 39.4 Å². The van der Waals surface area contributed by atoms with Crippen LogP contribution in [0.4, 0.5) is 9.93 Å². The predicted molar refractivity (Wildman–Crippen MR) is 248 cm³/mol. The number of aromatic nitrogens is 2. The number of hydrogen-bond donors (Lipinski definition) is 5. The molecule has 3 aliphatic heterocycles. The number of nitrogens with one attached hydrogen (secondary N) is 4. The SMILES string of the molecule is COc1ccc2c(O[C@@H]3C[C@H]4C(=O)N[C@]5(C(=O)O)CC5/C=C\CCCCC[C@H](NC(=O)NC(CN5CCN(C(C)C)S5(=O)=O)C(C)C)C(=O)N4C3)cc(-c3csc(NC(C)C)n3)nc2c1. The molecular formula is C45H63N9O9S2. The lowest BCUT2D eigenvalue weighted by Crippen LogP contribution is -2.58. The average Bonchev–Trinajstić information content (AvgIpc) is 3.50. The Morgan fingerprint density at radius 2 is 1.83 bits per heavy atom. The molecule has 1 aromatic carbocycles. The van der Waals surface area contributed by atoms with Crippen molar-refractivity contribution in [2.75, 3.05) is 38.6 Å². The van der Waals surface area contributed by atoms with Crippen molar-refractivity contribution in [3.8, 4) is 22.9 Å². The van der Waals surface area contributed by atoms with Crippen LogP contribution in [0.15, 0.2) is 41.8 Å². The fraction of sp³-hybridized carbons (Fsp3) is 0.600. The van der Waals surface area contributed by atoms with Crippen LogP contribution in [0, 0.1) is 11.8 Å². The van der Waals surface area contributed by atoms with Crippen molar-refractivity contribution in [3.63, 3.8) is 0 Å². The molecule has 0 bridgehead atoms. The molecule has 7 rings (SSSR count). The van der Waals surface area contributed by atoms with Crippen LogP contribution in [0.1, 0.15) is 86.5 Å². The minimum atomic E-state index is -3.72. The monoisotopic (exact) mass is 937 g/mol. The van der Waals surface area contributed by atoms with Crippen molar-refractivity contribution in [2.24, 2.45) is 11.8 Å². The number of nitrogens with zero attached hydrogens (tertiary/aromatic N) is 5. The zero-order valence-corrected chi connectivity index (χ0v) is 39.8. The van der Waals surface area contributed by atoms with Gasteiger partial charge in [0, 0.05) is 73.0 Å². The maximum Gasteiger partial charge on any atom is 0.330 e. The molecular weight excluding hydrogens is 875 g/mol. The van der Waals surface area contributed by atoms with E-state index in [1.165, 1.54) is 24.8 Å². The maximum atomic E-state index is 14.9. The molecule has 354 valence electrons. The molecule has 3 aromatic rings. The van der Waals surface area contributed by atoms with E-state index in [1.54, 1.807) is 25.3 Å². The number of methoxy groups -OCH3 is 1. The van der Waals surface area contributed by atoms with Crippen molar-refractivity contribution in [3.05, 3.63) is 41.8 Å². The highest BCUT2D eigenvalue weighted by Crippen LogP contribution is 2.45. The zero-order valence-electron chi connectivity index (χ0n) is 38.2. The summed E-state index contributed by atoms with van der Waals surface area (Å²) in [6, 6.07) is 3.75. The van der Waals surface area contributed by atoms with Crippen LogP contribution in [0.5, 0.6) is 11.5 Å². The summed E-state index contributed by atoms with van der Waals surface area (Å²) in [4.78, 5) is 67.0. The van der Waals surface area contributed by atoms with E-state index in [-0.39, 0.29) is 50.4 Å². The first-order valence-electron chi connectivity index (χ1n) is 22.6. The number of amides is 4. The van der Waals surface area contributed by atoms with Crippen LogP contribution >= 0.6 is 11.3 Å². The van der Waals surface area contributed by atoms with Crippen LogP contribution in [0.25, 0.3) is 22.3 Å². The second-order valence-corrected chi connectivity index (χ2v) is 21.2. The van der Waals surface area contributed by atoms with Crippen LogP contribution < -0.4 is 30.7 Å². The van der Waals surface area contributed by atoms with Gasteiger partial charge in [-0.3, -0.25) is 9.59 Å². The first-order chi connectivity index (χ1) is 30.9. The number of ether oxygens (including phenoxy) is 2. The Labute approximate surface area is 385 Å². The van der Waals surface area contributed by atoms with E-state index in [0.717, 1.165) is 18.0 Å². The molecule has 3 fully saturated rings.